The molecule has 31 heavy (non-hydrogen) atoms. The summed E-state index contributed by atoms with van der Waals surface area (Å²) >= 11 is 0. The largest absolute Gasteiger partial charge is 0.494 e. The van der Waals surface area contributed by atoms with Gasteiger partial charge in [-0.15, -0.1) is 5.10 Å². The van der Waals surface area contributed by atoms with Gasteiger partial charge >= 0.3 is 6.01 Å². The SMILES string of the molecule is CC1CC(C)CN(S(=O)(=O)c2ccc(C(=O)Nc3nnc(C4=COCCO4)o3)cc2)C1. The number of rotatable bonds is 5. The molecule has 10 nitrogen and oxygen atoms in total. The summed E-state index contributed by atoms with van der Waals surface area (Å²) in [5.41, 5.74) is 0.260. The maximum atomic E-state index is 13.0. The first-order chi connectivity index (χ1) is 14.8. The molecule has 0 saturated carbocycles. The molecule has 4 rings (SSSR count). The van der Waals surface area contributed by atoms with E-state index in [1.165, 1.54) is 34.8 Å². The monoisotopic (exact) mass is 448 g/mol. The molecule has 166 valence electrons. The maximum absolute atomic E-state index is 13.0. The Kier molecular flexibility index (Phi) is 5.96. The molecule has 11 heteroatoms. The van der Waals surface area contributed by atoms with Crippen molar-refractivity contribution in [3.63, 3.8) is 0 Å². The highest BCUT2D eigenvalue weighted by Crippen LogP contribution is 2.27. The summed E-state index contributed by atoms with van der Waals surface area (Å²) in [6.45, 7) is 5.90. The van der Waals surface area contributed by atoms with Crippen molar-refractivity contribution < 1.29 is 27.1 Å². The molecule has 1 aromatic carbocycles. The molecule has 0 spiro atoms. The zero-order valence-corrected chi connectivity index (χ0v) is 18.1. The Morgan fingerprint density at radius 2 is 1.81 bits per heavy atom. The van der Waals surface area contributed by atoms with Gasteiger partial charge in [0.05, 0.1) is 4.90 Å². The van der Waals surface area contributed by atoms with Crippen LogP contribution in [0.2, 0.25) is 0 Å². The number of amides is 1. The van der Waals surface area contributed by atoms with Crippen LogP contribution < -0.4 is 5.32 Å². The van der Waals surface area contributed by atoms with E-state index < -0.39 is 15.9 Å². The third kappa shape index (κ3) is 4.72. The number of ether oxygens (including phenoxy) is 2. The summed E-state index contributed by atoms with van der Waals surface area (Å²) in [5.74, 6) is 0.485. The number of nitrogens with one attached hydrogen (secondary N) is 1. The lowest BCUT2D eigenvalue weighted by molar-refractivity contribution is 0.102. The van der Waals surface area contributed by atoms with E-state index >= 15 is 0 Å². The van der Waals surface area contributed by atoms with Gasteiger partial charge in [0, 0.05) is 18.7 Å². The molecule has 1 N–H and O–H groups in total. The van der Waals surface area contributed by atoms with Crippen LogP contribution in [0.1, 0.15) is 36.5 Å². The molecule has 2 unspecified atom stereocenters. The molecule has 1 amide bonds. The standard InChI is InChI=1S/C20H24N4O6S/c1-13-9-14(2)11-24(10-13)31(26,27)16-5-3-15(4-6-16)18(25)21-20-23-22-19(30-20)17-12-28-7-8-29-17/h3-6,12-14H,7-11H2,1-2H3,(H,21,23,25). The first-order valence-corrected chi connectivity index (χ1v) is 11.5. The summed E-state index contributed by atoms with van der Waals surface area (Å²) in [6, 6.07) is 5.67. The van der Waals surface area contributed by atoms with Gasteiger partial charge in [0.2, 0.25) is 15.8 Å². The normalized spacial score (nSPS) is 22.2. The minimum atomic E-state index is -3.61. The van der Waals surface area contributed by atoms with Crippen molar-refractivity contribution in [3.8, 4) is 0 Å². The number of hydrogen-bond acceptors (Lipinski definition) is 8. The predicted molar refractivity (Wildman–Crippen MR) is 110 cm³/mol. The predicted octanol–water partition coefficient (Wildman–Crippen LogP) is 2.33. The van der Waals surface area contributed by atoms with E-state index in [0.717, 1.165) is 6.42 Å². The van der Waals surface area contributed by atoms with Crippen LogP contribution in [0.3, 0.4) is 0 Å². The fraction of sp³-hybridized carbons (Fsp3) is 0.450. The molecule has 1 aromatic heterocycles. The topological polar surface area (TPSA) is 124 Å². The maximum Gasteiger partial charge on any atom is 0.322 e. The van der Waals surface area contributed by atoms with Crippen molar-refractivity contribution >= 4 is 27.7 Å². The Bertz CT molecular complexity index is 1070. The Morgan fingerprint density at radius 3 is 2.45 bits per heavy atom. The van der Waals surface area contributed by atoms with E-state index in [0.29, 0.717) is 38.1 Å². The number of benzene rings is 1. The van der Waals surface area contributed by atoms with E-state index in [2.05, 4.69) is 29.4 Å². The number of anilines is 1. The van der Waals surface area contributed by atoms with E-state index in [1.54, 1.807) is 0 Å². The van der Waals surface area contributed by atoms with Crippen molar-refractivity contribution in [2.24, 2.45) is 11.8 Å². The summed E-state index contributed by atoms with van der Waals surface area (Å²) in [7, 11) is -3.61. The lowest BCUT2D eigenvalue weighted by Crippen LogP contribution is -2.42. The summed E-state index contributed by atoms with van der Waals surface area (Å²) in [5, 5.41) is 10.1. The average Bonchev–Trinajstić information content (AvgIpc) is 3.22. The fourth-order valence-electron chi connectivity index (χ4n) is 3.75. The van der Waals surface area contributed by atoms with E-state index in [1.807, 2.05) is 0 Å². The lowest BCUT2D eigenvalue weighted by Gasteiger charge is -2.34. The van der Waals surface area contributed by atoms with Gasteiger partial charge in [-0.25, -0.2) is 8.42 Å². The molecular weight excluding hydrogens is 424 g/mol. The van der Waals surface area contributed by atoms with Crippen LogP contribution in [-0.4, -0.2) is 55.1 Å². The smallest absolute Gasteiger partial charge is 0.322 e. The van der Waals surface area contributed by atoms with Gasteiger partial charge in [-0.3, -0.25) is 10.1 Å². The van der Waals surface area contributed by atoms with E-state index in [-0.39, 0.29) is 28.1 Å². The molecule has 1 fully saturated rings. The Hall–Kier alpha value is -2.92. The van der Waals surface area contributed by atoms with Crippen LogP contribution in [0.15, 0.2) is 39.8 Å². The molecular formula is C20H24N4O6S. The number of nitrogens with zero attached hydrogens (tertiary/aromatic N) is 3. The molecule has 3 heterocycles. The molecule has 0 bridgehead atoms. The minimum absolute atomic E-state index is 0.0847. The van der Waals surface area contributed by atoms with E-state index in [9.17, 15) is 13.2 Å². The second-order valence-electron chi connectivity index (χ2n) is 7.86. The molecule has 2 aliphatic heterocycles. The van der Waals surface area contributed by atoms with Gasteiger partial charge < -0.3 is 13.9 Å². The van der Waals surface area contributed by atoms with Crippen LogP contribution in [0.25, 0.3) is 5.76 Å². The van der Waals surface area contributed by atoms with Crippen molar-refractivity contribution in [2.75, 3.05) is 31.6 Å². The first-order valence-electron chi connectivity index (χ1n) is 10.0. The zero-order valence-electron chi connectivity index (χ0n) is 17.3. The van der Waals surface area contributed by atoms with Gasteiger partial charge in [-0.05, 0) is 42.5 Å². The Morgan fingerprint density at radius 1 is 1.10 bits per heavy atom. The molecule has 2 aromatic rings. The number of sulfonamides is 1. The summed E-state index contributed by atoms with van der Waals surface area (Å²) < 4.78 is 43.3. The number of piperidine rings is 1. The van der Waals surface area contributed by atoms with Crippen LogP contribution in [0, 0.1) is 11.8 Å². The third-order valence-corrected chi connectivity index (χ3v) is 6.94. The van der Waals surface area contributed by atoms with Crippen molar-refractivity contribution in [3.05, 3.63) is 42.0 Å². The van der Waals surface area contributed by atoms with Crippen molar-refractivity contribution in [2.45, 2.75) is 25.2 Å². The van der Waals surface area contributed by atoms with Gasteiger partial charge in [0.15, 0.2) is 0 Å². The number of hydrogen-bond donors (Lipinski definition) is 1. The highest BCUT2D eigenvalue weighted by molar-refractivity contribution is 7.89. The lowest BCUT2D eigenvalue weighted by atomic mass is 9.94. The first kappa shape index (κ1) is 21.3. The Labute approximate surface area is 180 Å². The Balaban J connectivity index is 1.44. The van der Waals surface area contributed by atoms with Gasteiger partial charge in [-0.2, -0.15) is 4.31 Å². The fourth-order valence-corrected chi connectivity index (χ4v) is 5.43. The van der Waals surface area contributed by atoms with Crippen molar-refractivity contribution in [1.82, 2.24) is 14.5 Å². The highest BCUT2D eigenvalue weighted by atomic mass is 32.2. The van der Waals surface area contributed by atoms with Gasteiger partial charge in [0.1, 0.15) is 19.5 Å². The van der Waals surface area contributed by atoms with E-state index in [4.69, 9.17) is 13.9 Å². The van der Waals surface area contributed by atoms with Gasteiger partial charge in [0.25, 0.3) is 11.8 Å². The summed E-state index contributed by atoms with van der Waals surface area (Å²) in [4.78, 5) is 12.6. The third-order valence-electron chi connectivity index (χ3n) is 5.10. The second kappa shape index (κ2) is 8.67. The molecule has 1 saturated heterocycles. The zero-order chi connectivity index (χ0) is 22.0. The average molecular weight is 449 g/mol. The van der Waals surface area contributed by atoms with Crippen molar-refractivity contribution in [1.29, 1.82) is 0 Å². The number of aromatic nitrogens is 2. The molecule has 0 radical (unpaired) electrons. The summed E-state index contributed by atoms with van der Waals surface area (Å²) in [6.07, 6.45) is 2.38. The second-order valence-corrected chi connectivity index (χ2v) is 9.80. The number of carbonyl (C=O) groups excluding carboxylic acids is 1. The molecule has 2 aliphatic rings. The highest BCUT2D eigenvalue weighted by Gasteiger charge is 2.31. The van der Waals surface area contributed by atoms with Crippen LogP contribution in [0.5, 0.6) is 0 Å². The quantitative estimate of drug-likeness (QED) is 0.739. The van der Waals surface area contributed by atoms with Crippen LogP contribution in [0.4, 0.5) is 6.01 Å². The molecule has 0 aliphatic carbocycles. The van der Waals surface area contributed by atoms with Crippen LogP contribution >= 0.6 is 0 Å². The van der Waals surface area contributed by atoms with Crippen LogP contribution in [-0.2, 0) is 19.5 Å². The minimum Gasteiger partial charge on any atom is -0.494 e. The van der Waals surface area contributed by atoms with Gasteiger partial charge in [-0.1, -0.05) is 18.9 Å². The number of carbonyl (C=O) groups is 1. The molecule has 2 atom stereocenters.